The highest BCUT2D eigenvalue weighted by Crippen LogP contribution is 2.40. The lowest BCUT2D eigenvalue weighted by Crippen LogP contribution is -2.39. The maximum absolute atomic E-state index is 13.0. The maximum atomic E-state index is 13.0. The second kappa shape index (κ2) is 6.27. The predicted molar refractivity (Wildman–Crippen MR) is 76.7 cm³/mol. The van der Waals surface area contributed by atoms with Gasteiger partial charge in [0.25, 0.3) is 0 Å². The van der Waals surface area contributed by atoms with Crippen molar-refractivity contribution in [3.63, 3.8) is 0 Å². The molecule has 0 heterocycles. The van der Waals surface area contributed by atoms with E-state index in [1.165, 1.54) is 0 Å². The molecule has 0 amide bonds. The molecule has 1 fully saturated rings. The minimum atomic E-state index is -0.712. The van der Waals surface area contributed by atoms with Gasteiger partial charge in [-0.3, -0.25) is 4.79 Å². The molecule has 0 aromatic heterocycles. The zero-order chi connectivity index (χ0) is 14.6. The molecule has 1 aliphatic rings. The largest absolute Gasteiger partial charge is 0.496 e. The highest BCUT2D eigenvalue weighted by Gasteiger charge is 2.44. The molecule has 2 rings (SSSR count). The summed E-state index contributed by atoms with van der Waals surface area (Å²) in [4.78, 5) is 13.0. The second-order valence-corrected chi connectivity index (χ2v) is 5.00. The van der Waals surface area contributed by atoms with Crippen molar-refractivity contribution in [2.45, 2.75) is 38.2 Å². The van der Waals surface area contributed by atoms with Crippen molar-refractivity contribution in [1.82, 2.24) is 0 Å². The Morgan fingerprint density at radius 2 is 1.70 bits per heavy atom. The number of benzene rings is 1. The summed E-state index contributed by atoms with van der Waals surface area (Å²) in [5, 5.41) is 0. The minimum Gasteiger partial charge on any atom is -0.496 e. The first kappa shape index (κ1) is 14.9. The van der Waals surface area contributed by atoms with Crippen LogP contribution in [0.1, 0.15) is 43.0 Å². The van der Waals surface area contributed by atoms with Crippen LogP contribution >= 0.6 is 0 Å². The number of ketones is 1. The third-order valence-electron chi connectivity index (χ3n) is 3.90. The Morgan fingerprint density at radius 1 is 1.15 bits per heavy atom. The van der Waals surface area contributed by atoms with E-state index in [0.717, 1.165) is 25.7 Å². The highest BCUT2D eigenvalue weighted by molar-refractivity contribution is 6.07. The van der Waals surface area contributed by atoms with Crippen LogP contribution < -0.4 is 9.47 Å². The Balaban J connectivity index is 2.46. The summed E-state index contributed by atoms with van der Waals surface area (Å²) < 4.78 is 16.5. The van der Waals surface area contributed by atoms with Crippen LogP contribution in [0.2, 0.25) is 0 Å². The van der Waals surface area contributed by atoms with E-state index in [1.807, 2.05) is 13.0 Å². The standard InChI is InChI=1S/C16H22O4/c1-4-20-16(10-5-6-11-16)15(17)14-12(18-2)8-7-9-13(14)19-3/h7-9H,4-6,10-11H2,1-3H3. The smallest absolute Gasteiger partial charge is 0.202 e. The first-order chi connectivity index (χ1) is 9.68. The third-order valence-corrected chi connectivity index (χ3v) is 3.90. The van der Waals surface area contributed by atoms with Crippen molar-refractivity contribution in [2.75, 3.05) is 20.8 Å². The lowest BCUT2D eigenvalue weighted by atomic mass is 9.90. The molecule has 0 unspecified atom stereocenters. The Kier molecular flexibility index (Phi) is 4.65. The summed E-state index contributed by atoms with van der Waals surface area (Å²) in [5.74, 6) is 1.06. The van der Waals surface area contributed by atoms with Crippen molar-refractivity contribution in [1.29, 1.82) is 0 Å². The van der Waals surface area contributed by atoms with Gasteiger partial charge in [-0.2, -0.15) is 0 Å². The fraction of sp³-hybridized carbons (Fsp3) is 0.562. The van der Waals surface area contributed by atoms with Crippen LogP contribution in [-0.4, -0.2) is 32.2 Å². The number of methoxy groups -OCH3 is 2. The number of hydrogen-bond donors (Lipinski definition) is 0. The normalized spacial score (nSPS) is 16.9. The van der Waals surface area contributed by atoms with Gasteiger partial charge in [0.05, 0.1) is 14.2 Å². The van der Waals surface area contributed by atoms with E-state index in [2.05, 4.69) is 0 Å². The summed E-state index contributed by atoms with van der Waals surface area (Å²) in [6.45, 7) is 2.45. The van der Waals surface area contributed by atoms with Crippen LogP contribution in [0.15, 0.2) is 18.2 Å². The molecule has 1 aliphatic carbocycles. The van der Waals surface area contributed by atoms with Crippen LogP contribution in [0.25, 0.3) is 0 Å². The summed E-state index contributed by atoms with van der Waals surface area (Å²) in [6.07, 6.45) is 3.56. The molecule has 4 nitrogen and oxygen atoms in total. The third kappa shape index (κ3) is 2.52. The van der Waals surface area contributed by atoms with Crippen molar-refractivity contribution < 1.29 is 19.0 Å². The molecule has 0 radical (unpaired) electrons. The van der Waals surface area contributed by atoms with Gasteiger partial charge in [-0.25, -0.2) is 0 Å². The Hall–Kier alpha value is -1.55. The number of Topliss-reactive ketones (excluding diaryl/α,β-unsaturated/α-hetero) is 1. The Labute approximate surface area is 120 Å². The molecule has 0 saturated heterocycles. The van der Waals surface area contributed by atoms with E-state index in [1.54, 1.807) is 26.4 Å². The monoisotopic (exact) mass is 278 g/mol. The molecular weight excluding hydrogens is 256 g/mol. The summed E-state index contributed by atoms with van der Waals surface area (Å²) >= 11 is 0. The van der Waals surface area contributed by atoms with Crippen LogP contribution in [-0.2, 0) is 4.74 Å². The van der Waals surface area contributed by atoms with E-state index in [4.69, 9.17) is 14.2 Å². The summed E-state index contributed by atoms with van der Waals surface area (Å²) in [6, 6.07) is 5.38. The van der Waals surface area contributed by atoms with Crippen LogP contribution in [0.5, 0.6) is 11.5 Å². The molecule has 1 aromatic carbocycles. The van der Waals surface area contributed by atoms with Gasteiger partial charge in [-0.05, 0) is 44.7 Å². The zero-order valence-corrected chi connectivity index (χ0v) is 12.4. The SMILES string of the molecule is CCOC1(C(=O)c2c(OC)cccc2OC)CCCC1. The molecule has 1 aromatic rings. The summed E-state index contributed by atoms with van der Waals surface area (Å²) in [5.41, 5.74) is -0.218. The Bertz CT molecular complexity index is 453. The van der Waals surface area contributed by atoms with Crippen LogP contribution in [0, 0.1) is 0 Å². The van der Waals surface area contributed by atoms with E-state index >= 15 is 0 Å². The van der Waals surface area contributed by atoms with Crippen molar-refractivity contribution >= 4 is 5.78 Å². The molecule has 0 aliphatic heterocycles. The van der Waals surface area contributed by atoms with Gasteiger partial charge in [0, 0.05) is 6.61 Å². The lowest BCUT2D eigenvalue weighted by Gasteiger charge is -2.28. The molecule has 0 bridgehead atoms. The number of rotatable bonds is 6. The number of carbonyl (C=O) groups excluding carboxylic acids is 1. The van der Waals surface area contributed by atoms with Crippen molar-refractivity contribution in [2.24, 2.45) is 0 Å². The second-order valence-electron chi connectivity index (χ2n) is 5.00. The van der Waals surface area contributed by atoms with Gasteiger partial charge >= 0.3 is 0 Å². The molecule has 0 spiro atoms. The highest BCUT2D eigenvalue weighted by atomic mass is 16.5. The van der Waals surface area contributed by atoms with Gasteiger partial charge in [0.1, 0.15) is 22.7 Å². The number of carbonyl (C=O) groups is 1. The average molecular weight is 278 g/mol. The predicted octanol–water partition coefficient (Wildman–Crippen LogP) is 3.24. The topological polar surface area (TPSA) is 44.8 Å². The summed E-state index contributed by atoms with van der Waals surface area (Å²) in [7, 11) is 3.13. The molecule has 0 atom stereocenters. The molecule has 110 valence electrons. The molecule has 0 N–H and O–H groups in total. The average Bonchev–Trinajstić information content (AvgIpc) is 2.95. The van der Waals surface area contributed by atoms with Gasteiger partial charge in [0.15, 0.2) is 0 Å². The fourth-order valence-corrected chi connectivity index (χ4v) is 2.96. The molecule has 4 heteroatoms. The van der Waals surface area contributed by atoms with Gasteiger partial charge in [-0.1, -0.05) is 6.07 Å². The van der Waals surface area contributed by atoms with Gasteiger partial charge in [0.2, 0.25) is 5.78 Å². The Morgan fingerprint density at radius 3 is 2.15 bits per heavy atom. The quantitative estimate of drug-likeness (QED) is 0.749. The van der Waals surface area contributed by atoms with Crippen LogP contribution in [0.3, 0.4) is 0 Å². The lowest BCUT2D eigenvalue weighted by molar-refractivity contribution is -0.0167. The maximum Gasteiger partial charge on any atom is 0.202 e. The minimum absolute atomic E-state index is 0.0221. The number of hydrogen-bond acceptors (Lipinski definition) is 4. The molecule has 20 heavy (non-hydrogen) atoms. The van der Waals surface area contributed by atoms with E-state index in [9.17, 15) is 4.79 Å². The van der Waals surface area contributed by atoms with Crippen molar-refractivity contribution in [3.8, 4) is 11.5 Å². The first-order valence-electron chi connectivity index (χ1n) is 7.08. The zero-order valence-electron chi connectivity index (χ0n) is 12.4. The first-order valence-corrected chi connectivity index (χ1v) is 7.08. The van der Waals surface area contributed by atoms with Gasteiger partial charge in [-0.15, -0.1) is 0 Å². The van der Waals surface area contributed by atoms with E-state index < -0.39 is 5.60 Å². The van der Waals surface area contributed by atoms with E-state index in [-0.39, 0.29) is 5.78 Å². The molecule has 1 saturated carbocycles. The van der Waals surface area contributed by atoms with Crippen molar-refractivity contribution in [3.05, 3.63) is 23.8 Å². The molecular formula is C16H22O4. The number of ether oxygens (including phenoxy) is 3. The van der Waals surface area contributed by atoms with E-state index in [0.29, 0.717) is 23.7 Å². The van der Waals surface area contributed by atoms with Crippen LogP contribution in [0.4, 0.5) is 0 Å². The fourth-order valence-electron chi connectivity index (χ4n) is 2.96. The van der Waals surface area contributed by atoms with Gasteiger partial charge < -0.3 is 14.2 Å².